The molecule has 3 nitrogen and oxygen atoms in total. The van der Waals surface area contributed by atoms with E-state index in [0.29, 0.717) is 5.57 Å². The molecular formula is C15H28O3S. The van der Waals surface area contributed by atoms with E-state index in [1.54, 1.807) is 6.92 Å². The van der Waals surface area contributed by atoms with Crippen LogP contribution in [0.4, 0.5) is 0 Å². The van der Waals surface area contributed by atoms with Gasteiger partial charge in [0.25, 0.3) is 5.12 Å². The van der Waals surface area contributed by atoms with Crippen molar-refractivity contribution in [3.63, 3.8) is 0 Å². The number of thioether (sulfide) groups is 1. The first-order chi connectivity index (χ1) is 8.91. The lowest BCUT2D eigenvalue weighted by Gasteiger charge is -2.34. The van der Waals surface area contributed by atoms with Crippen molar-refractivity contribution in [2.24, 2.45) is 5.92 Å². The maximum Gasteiger partial charge on any atom is 0.336 e. The fourth-order valence-electron chi connectivity index (χ4n) is 1.90. The van der Waals surface area contributed by atoms with Crippen molar-refractivity contribution < 1.29 is 14.6 Å². The van der Waals surface area contributed by atoms with Gasteiger partial charge in [-0.25, -0.2) is 4.79 Å². The van der Waals surface area contributed by atoms with Crippen LogP contribution < -0.4 is 0 Å². The molecule has 0 aromatic rings. The van der Waals surface area contributed by atoms with Crippen LogP contribution in [0.15, 0.2) is 12.2 Å². The van der Waals surface area contributed by atoms with Gasteiger partial charge in [-0.05, 0) is 31.9 Å². The number of hydrogen-bond donors (Lipinski definition) is 1. The molecule has 0 saturated heterocycles. The van der Waals surface area contributed by atoms with Crippen molar-refractivity contribution >= 4 is 17.7 Å². The molecule has 0 bridgehead atoms. The molecule has 19 heavy (non-hydrogen) atoms. The number of esters is 1. The van der Waals surface area contributed by atoms with Crippen LogP contribution in [0.2, 0.25) is 0 Å². The zero-order valence-electron chi connectivity index (χ0n) is 12.7. The maximum absolute atomic E-state index is 11.7. The fraction of sp³-hybridized carbons (Fsp3) is 0.800. The second-order valence-electron chi connectivity index (χ2n) is 4.92. The highest BCUT2D eigenvalue weighted by Gasteiger charge is 2.40. The van der Waals surface area contributed by atoms with Gasteiger partial charge in [-0.3, -0.25) is 0 Å². The van der Waals surface area contributed by atoms with Gasteiger partial charge < -0.3 is 9.84 Å². The maximum atomic E-state index is 11.7. The second-order valence-corrected chi connectivity index (χ2v) is 6.21. The first-order valence-corrected chi connectivity index (χ1v) is 8.14. The standard InChI is InChI=1S/C15H28O3S/c1-6-9-13(10-7-2)15(17,19-11-8-3)18-14(16)12(4)5/h13,17H,4,6-11H2,1-3,5H3. The molecule has 1 unspecified atom stereocenters. The van der Waals surface area contributed by atoms with Crippen molar-refractivity contribution in [1.29, 1.82) is 0 Å². The summed E-state index contributed by atoms with van der Waals surface area (Å²) >= 11 is 1.33. The van der Waals surface area contributed by atoms with Gasteiger partial charge in [0.2, 0.25) is 0 Å². The lowest BCUT2D eigenvalue weighted by molar-refractivity contribution is -0.186. The van der Waals surface area contributed by atoms with Crippen molar-refractivity contribution in [3.8, 4) is 0 Å². The molecule has 112 valence electrons. The minimum absolute atomic E-state index is 0.0256. The lowest BCUT2D eigenvalue weighted by atomic mass is 9.97. The third-order valence-corrected chi connectivity index (χ3v) is 4.33. The number of aliphatic hydroxyl groups is 1. The quantitative estimate of drug-likeness (QED) is 0.373. The molecule has 0 spiro atoms. The molecule has 1 atom stereocenters. The Morgan fingerprint density at radius 1 is 1.26 bits per heavy atom. The molecule has 0 saturated carbocycles. The average molecular weight is 288 g/mol. The number of carbonyl (C=O) groups is 1. The van der Waals surface area contributed by atoms with Gasteiger partial charge in [-0.1, -0.05) is 52.0 Å². The minimum atomic E-state index is -1.42. The number of carbonyl (C=O) groups excluding carboxylic acids is 1. The first kappa shape index (κ1) is 18.5. The summed E-state index contributed by atoms with van der Waals surface area (Å²) in [4.78, 5) is 11.7. The molecule has 0 heterocycles. The van der Waals surface area contributed by atoms with E-state index >= 15 is 0 Å². The normalized spacial score (nSPS) is 14.2. The summed E-state index contributed by atoms with van der Waals surface area (Å²) in [5.74, 6) is 0.231. The summed E-state index contributed by atoms with van der Waals surface area (Å²) in [5.41, 5.74) is 0.322. The van der Waals surface area contributed by atoms with E-state index in [1.807, 2.05) is 6.92 Å². The van der Waals surface area contributed by atoms with Crippen LogP contribution in [0.3, 0.4) is 0 Å². The second kappa shape index (κ2) is 9.43. The fourth-order valence-corrected chi connectivity index (χ4v) is 3.01. The van der Waals surface area contributed by atoms with Crippen LogP contribution in [0.25, 0.3) is 0 Å². The number of rotatable bonds is 10. The van der Waals surface area contributed by atoms with E-state index in [9.17, 15) is 9.90 Å². The van der Waals surface area contributed by atoms with E-state index in [-0.39, 0.29) is 5.92 Å². The van der Waals surface area contributed by atoms with Crippen molar-refractivity contribution in [1.82, 2.24) is 0 Å². The summed E-state index contributed by atoms with van der Waals surface area (Å²) in [6.45, 7) is 11.4. The summed E-state index contributed by atoms with van der Waals surface area (Å²) < 4.78 is 5.35. The lowest BCUT2D eigenvalue weighted by Crippen LogP contribution is -2.40. The zero-order valence-corrected chi connectivity index (χ0v) is 13.5. The van der Waals surface area contributed by atoms with Gasteiger partial charge in [0, 0.05) is 11.5 Å². The zero-order chi connectivity index (χ0) is 14.9. The average Bonchev–Trinajstić information content (AvgIpc) is 2.36. The van der Waals surface area contributed by atoms with Crippen molar-refractivity contribution in [2.45, 2.75) is 64.9 Å². The molecule has 0 aromatic heterocycles. The molecule has 1 N–H and O–H groups in total. The highest BCUT2D eigenvalue weighted by Crippen LogP contribution is 2.38. The molecular weight excluding hydrogens is 260 g/mol. The molecule has 0 aliphatic heterocycles. The molecule has 0 aliphatic rings. The highest BCUT2D eigenvalue weighted by atomic mass is 32.2. The Morgan fingerprint density at radius 3 is 2.16 bits per heavy atom. The van der Waals surface area contributed by atoms with Gasteiger partial charge in [0.15, 0.2) is 0 Å². The summed E-state index contributed by atoms with van der Waals surface area (Å²) in [7, 11) is 0. The smallest absolute Gasteiger partial charge is 0.336 e. The van der Waals surface area contributed by atoms with E-state index in [4.69, 9.17) is 4.74 Å². The summed E-state index contributed by atoms with van der Waals surface area (Å²) in [6.07, 6.45) is 4.56. The Labute approximate surface area is 121 Å². The largest absolute Gasteiger partial charge is 0.420 e. The topological polar surface area (TPSA) is 46.5 Å². The molecule has 0 aromatic carbocycles. The van der Waals surface area contributed by atoms with Gasteiger partial charge in [-0.15, -0.1) is 0 Å². The Morgan fingerprint density at radius 2 is 1.79 bits per heavy atom. The Kier molecular flexibility index (Phi) is 9.19. The van der Waals surface area contributed by atoms with E-state index in [2.05, 4.69) is 20.4 Å². The molecule has 0 aliphatic carbocycles. The van der Waals surface area contributed by atoms with Crippen LogP contribution in [-0.2, 0) is 9.53 Å². The van der Waals surface area contributed by atoms with Crippen LogP contribution in [0, 0.1) is 5.92 Å². The Balaban J connectivity index is 4.98. The summed E-state index contributed by atoms with van der Waals surface area (Å²) in [6, 6.07) is 0. The van der Waals surface area contributed by atoms with Crippen molar-refractivity contribution in [2.75, 3.05) is 5.75 Å². The van der Waals surface area contributed by atoms with E-state index in [1.165, 1.54) is 11.8 Å². The van der Waals surface area contributed by atoms with E-state index < -0.39 is 11.1 Å². The van der Waals surface area contributed by atoms with Gasteiger partial charge in [0.1, 0.15) is 0 Å². The summed E-state index contributed by atoms with van der Waals surface area (Å²) in [5, 5.41) is 9.34. The van der Waals surface area contributed by atoms with Gasteiger partial charge in [-0.2, -0.15) is 0 Å². The molecule has 0 fully saturated rings. The highest BCUT2D eigenvalue weighted by molar-refractivity contribution is 8.00. The monoisotopic (exact) mass is 288 g/mol. The van der Waals surface area contributed by atoms with Crippen LogP contribution in [0.1, 0.15) is 59.8 Å². The van der Waals surface area contributed by atoms with Crippen LogP contribution >= 0.6 is 11.8 Å². The predicted octanol–water partition coefficient (Wildman–Crippen LogP) is 4.11. The number of hydrogen-bond acceptors (Lipinski definition) is 4. The predicted molar refractivity (Wildman–Crippen MR) is 81.9 cm³/mol. The van der Waals surface area contributed by atoms with Crippen molar-refractivity contribution in [3.05, 3.63) is 12.2 Å². The third kappa shape index (κ3) is 6.48. The van der Waals surface area contributed by atoms with Crippen LogP contribution in [0.5, 0.6) is 0 Å². The van der Waals surface area contributed by atoms with E-state index in [0.717, 1.165) is 37.9 Å². The molecule has 0 rings (SSSR count). The molecule has 0 amide bonds. The van der Waals surface area contributed by atoms with Gasteiger partial charge >= 0.3 is 5.97 Å². The molecule has 4 heteroatoms. The third-order valence-electron chi connectivity index (χ3n) is 2.89. The Hall–Kier alpha value is -0.480. The Bertz CT molecular complexity index is 285. The minimum Gasteiger partial charge on any atom is -0.420 e. The van der Waals surface area contributed by atoms with Gasteiger partial charge in [0.05, 0.1) is 0 Å². The number of ether oxygens (including phenoxy) is 1. The molecule has 0 radical (unpaired) electrons. The van der Waals surface area contributed by atoms with Crippen LogP contribution in [-0.4, -0.2) is 21.9 Å². The first-order valence-electron chi connectivity index (χ1n) is 7.16. The SMILES string of the molecule is C=C(C)C(=O)OC(O)(SCCC)C(CCC)CCC.